The lowest BCUT2D eigenvalue weighted by atomic mass is 10.2. The molecule has 0 spiro atoms. The summed E-state index contributed by atoms with van der Waals surface area (Å²) in [6, 6.07) is 3.74. The van der Waals surface area contributed by atoms with Crippen LogP contribution in [0.25, 0.3) is 5.78 Å². The number of hydrogen-bond acceptors (Lipinski definition) is 3. The third-order valence-corrected chi connectivity index (χ3v) is 4.57. The molecule has 154 valence electrons. The highest BCUT2D eigenvalue weighted by Gasteiger charge is 2.20. The molecule has 1 amide bonds. The van der Waals surface area contributed by atoms with Crippen molar-refractivity contribution >= 4 is 17.4 Å². The van der Waals surface area contributed by atoms with Gasteiger partial charge in [-0.15, -0.1) is 0 Å². The van der Waals surface area contributed by atoms with E-state index in [9.17, 15) is 18.0 Å². The number of carbonyl (C=O) groups excluding carboxylic acids is 1. The van der Waals surface area contributed by atoms with Crippen molar-refractivity contribution in [2.24, 2.45) is 0 Å². The molecule has 0 saturated carbocycles. The highest BCUT2D eigenvalue weighted by Crippen LogP contribution is 2.19. The summed E-state index contributed by atoms with van der Waals surface area (Å²) < 4.78 is 42.1. The molecule has 1 aromatic carbocycles. The number of nitrogens with one attached hydrogen (secondary N) is 2. The van der Waals surface area contributed by atoms with E-state index in [1.165, 1.54) is 0 Å². The number of fused-ring (bicyclic) bond motifs is 1. The zero-order valence-corrected chi connectivity index (χ0v) is 16.5. The fraction of sp³-hybridized carbons (Fsp3) is 0.350. The van der Waals surface area contributed by atoms with Gasteiger partial charge in [0.2, 0.25) is 5.78 Å². The van der Waals surface area contributed by atoms with Crippen LogP contribution in [0, 0.1) is 31.3 Å². The lowest BCUT2D eigenvalue weighted by Crippen LogP contribution is -3.11. The Morgan fingerprint density at radius 3 is 2.66 bits per heavy atom. The van der Waals surface area contributed by atoms with Crippen molar-refractivity contribution in [2.45, 2.75) is 33.7 Å². The Balaban J connectivity index is 1.72. The molecule has 6 nitrogen and oxygen atoms in total. The van der Waals surface area contributed by atoms with Gasteiger partial charge in [-0.05, 0) is 38.5 Å². The van der Waals surface area contributed by atoms with Gasteiger partial charge >= 0.3 is 0 Å². The first-order valence-corrected chi connectivity index (χ1v) is 9.37. The first kappa shape index (κ1) is 20.8. The number of aromatic nitrogens is 3. The predicted molar refractivity (Wildman–Crippen MR) is 102 cm³/mol. The van der Waals surface area contributed by atoms with Gasteiger partial charge in [0.05, 0.1) is 12.2 Å². The fourth-order valence-corrected chi connectivity index (χ4v) is 3.30. The molecular weight excluding hydrogens is 383 g/mol. The van der Waals surface area contributed by atoms with Gasteiger partial charge in [-0.1, -0.05) is 6.92 Å². The zero-order chi connectivity index (χ0) is 21.1. The van der Waals surface area contributed by atoms with Crippen molar-refractivity contribution in [2.75, 3.05) is 18.4 Å². The van der Waals surface area contributed by atoms with E-state index in [-0.39, 0.29) is 12.2 Å². The van der Waals surface area contributed by atoms with Crippen LogP contribution in [-0.2, 0) is 11.3 Å². The molecule has 0 aliphatic rings. The molecule has 1 unspecified atom stereocenters. The van der Waals surface area contributed by atoms with Crippen LogP contribution in [0.3, 0.4) is 0 Å². The minimum Gasteiger partial charge on any atom is -0.322 e. The number of quaternary nitrogens is 1. The number of nitrogens with zero attached hydrogens (tertiary/aromatic N) is 3. The van der Waals surface area contributed by atoms with Gasteiger partial charge in [-0.25, -0.2) is 23.1 Å². The predicted octanol–water partition coefficient (Wildman–Crippen LogP) is 2.20. The SMILES string of the molecule is CCC[NH+](CC(=O)Nc1ccc(F)c(F)c1F)Cc1cn2c(C)cc(C)nc2n1. The third-order valence-electron chi connectivity index (χ3n) is 4.57. The zero-order valence-electron chi connectivity index (χ0n) is 16.5. The summed E-state index contributed by atoms with van der Waals surface area (Å²) in [5, 5.41) is 2.32. The molecule has 29 heavy (non-hydrogen) atoms. The maximum Gasteiger partial charge on any atom is 0.279 e. The van der Waals surface area contributed by atoms with Crippen molar-refractivity contribution in [3.8, 4) is 0 Å². The summed E-state index contributed by atoms with van der Waals surface area (Å²) in [7, 11) is 0. The number of carbonyl (C=O) groups is 1. The molecule has 2 aromatic heterocycles. The highest BCUT2D eigenvalue weighted by atomic mass is 19.2. The van der Waals surface area contributed by atoms with E-state index in [0.717, 1.165) is 40.5 Å². The molecule has 3 rings (SSSR count). The molecule has 0 aliphatic carbocycles. The van der Waals surface area contributed by atoms with E-state index in [0.29, 0.717) is 18.9 Å². The quantitative estimate of drug-likeness (QED) is 0.592. The molecule has 1 atom stereocenters. The third kappa shape index (κ3) is 4.73. The topological polar surface area (TPSA) is 63.7 Å². The van der Waals surface area contributed by atoms with E-state index in [2.05, 4.69) is 15.3 Å². The Labute approximate surface area is 166 Å². The molecular formula is C20H23F3N5O+. The van der Waals surface area contributed by atoms with Gasteiger partial charge in [0.25, 0.3) is 5.91 Å². The van der Waals surface area contributed by atoms with Crippen LogP contribution in [0.15, 0.2) is 24.4 Å². The van der Waals surface area contributed by atoms with Crippen molar-refractivity contribution in [3.05, 3.63) is 58.9 Å². The van der Waals surface area contributed by atoms with Gasteiger partial charge in [0.15, 0.2) is 24.0 Å². The molecule has 0 bridgehead atoms. The van der Waals surface area contributed by atoms with Crippen LogP contribution in [0.5, 0.6) is 0 Å². The summed E-state index contributed by atoms with van der Waals surface area (Å²) in [5.41, 5.74) is 2.28. The molecule has 2 N–H and O–H groups in total. The van der Waals surface area contributed by atoms with Crippen LogP contribution in [0.4, 0.5) is 18.9 Å². The number of imidazole rings is 1. The minimum absolute atomic E-state index is 0.0333. The first-order valence-electron chi connectivity index (χ1n) is 9.37. The molecule has 0 aliphatic heterocycles. The summed E-state index contributed by atoms with van der Waals surface area (Å²) in [5.74, 6) is -4.21. The molecule has 0 fully saturated rings. The van der Waals surface area contributed by atoms with Gasteiger partial charge in [0.1, 0.15) is 12.2 Å². The Kier molecular flexibility index (Phi) is 6.17. The number of benzene rings is 1. The summed E-state index contributed by atoms with van der Waals surface area (Å²) in [4.78, 5) is 22.2. The van der Waals surface area contributed by atoms with Crippen LogP contribution < -0.4 is 10.2 Å². The minimum atomic E-state index is -1.61. The van der Waals surface area contributed by atoms with Crippen molar-refractivity contribution in [1.29, 1.82) is 0 Å². The van der Waals surface area contributed by atoms with E-state index in [1.807, 2.05) is 37.4 Å². The second-order valence-electron chi connectivity index (χ2n) is 7.07. The number of amides is 1. The van der Waals surface area contributed by atoms with Crippen LogP contribution >= 0.6 is 0 Å². The lowest BCUT2D eigenvalue weighted by molar-refractivity contribution is -0.906. The van der Waals surface area contributed by atoms with Gasteiger partial charge in [-0.3, -0.25) is 9.20 Å². The smallest absolute Gasteiger partial charge is 0.279 e. The van der Waals surface area contributed by atoms with Crippen molar-refractivity contribution < 1.29 is 22.9 Å². The number of rotatable bonds is 7. The van der Waals surface area contributed by atoms with Gasteiger partial charge in [-0.2, -0.15) is 0 Å². The van der Waals surface area contributed by atoms with Crippen LogP contribution in [0.1, 0.15) is 30.4 Å². The largest absolute Gasteiger partial charge is 0.322 e. The van der Waals surface area contributed by atoms with Crippen LogP contribution in [0.2, 0.25) is 0 Å². The second-order valence-corrected chi connectivity index (χ2v) is 7.07. The number of aryl methyl sites for hydroxylation is 2. The Bertz CT molecular complexity index is 1050. The van der Waals surface area contributed by atoms with Crippen molar-refractivity contribution in [3.63, 3.8) is 0 Å². The first-order chi connectivity index (χ1) is 13.8. The highest BCUT2D eigenvalue weighted by molar-refractivity contribution is 5.91. The maximum atomic E-state index is 13.8. The number of hydrogen-bond donors (Lipinski definition) is 2. The standard InChI is InChI=1S/C20H22F3N5O/c1-4-7-27(9-14-10-28-13(3)8-12(2)24-20(28)25-14)11-17(29)26-16-6-5-15(21)18(22)19(16)23/h5-6,8,10H,4,7,9,11H2,1-3H3,(H,26,29)/p+1. The average molecular weight is 406 g/mol. The Hall–Kier alpha value is -2.94. The summed E-state index contributed by atoms with van der Waals surface area (Å²) in [6.07, 6.45) is 2.71. The molecule has 0 saturated heterocycles. The van der Waals surface area contributed by atoms with E-state index >= 15 is 0 Å². The molecule has 0 radical (unpaired) electrons. The fourth-order valence-electron chi connectivity index (χ4n) is 3.30. The average Bonchev–Trinajstić information content (AvgIpc) is 3.05. The summed E-state index contributed by atoms with van der Waals surface area (Å²) in [6.45, 7) is 7.05. The van der Waals surface area contributed by atoms with Gasteiger partial charge < -0.3 is 10.2 Å². The van der Waals surface area contributed by atoms with E-state index in [1.54, 1.807) is 0 Å². The second kappa shape index (κ2) is 8.60. The number of halogens is 3. The Morgan fingerprint density at radius 1 is 1.17 bits per heavy atom. The normalized spacial score (nSPS) is 12.3. The van der Waals surface area contributed by atoms with Gasteiger partial charge in [0, 0.05) is 17.6 Å². The van der Waals surface area contributed by atoms with Crippen molar-refractivity contribution in [1.82, 2.24) is 14.4 Å². The van der Waals surface area contributed by atoms with Crippen LogP contribution in [-0.4, -0.2) is 33.4 Å². The molecule has 9 heteroatoms. The van der Waals surface area contributed by atoms with E-state index in [4.69, 9.17) is 0 Å². The number of anilines is 1. The lowest BCUT2D eigenvalue weighted by Gasteiger charge is -2.17. The monoisotopic (exact) mass is 406 g/mol. The molecule has 2 heterocycles. The summed E-state index contributed by atoms with van der Waals surface area (Å²) >= 11 is 0. The maximum absolute atomic E-state index is 13.8. The molecule has 3 aromatic rings. The Morgan fingerprint density at radius 2 is 1.93 bits per heavy atom. The van der Waals surface area contributed by atoms with E-state index < -0.39 is 23.4 Å².